The first-order valence-corrected chi connectivity index (χ1v) is 11.2. The first-order chi connectivity index (χ1) is 17.3. The second-order valence-corrected chi connectivity index (χ2v) is 8.16. The summed E-state index contributed by atoms with van der Waals surface area (Å²) >= 11 is 0. The molecule has 0 amide bonds. The molecule has 0 aliphatic rings. The average Bonchev–Trinajstić information content (AvgIpc) is 2.87. The summed E-state index contributed by atoms with van der Waals surface area (Å²) in [4.78, 5) is 0. The van der Waals surface area contributed by atoms with Crippen LogP contribution in [0.1, 0.15) is 41.5 Å². The van der Waals surface area contributed by atoms with Crippen molar-refractivity contribution in [2.24, 2.45) is 0 Å². The Bertz CT molecular complexity index is 630. The minimum Gasteiger partial charge on any atom is -0.343 e. The maximum Gasteiger partial charge on any atom is 0.429 e. The number of methoxy groups -OCH3 is 9. The van der Waals surface area contributed by atoms with Gasteiger partial charge in [0.15, 0.2) is 0 Å². The van der Waals surface area contributed by atoms with Crippen molar-refractivity contribution in [3.63, 3.8) is 0 Å². The van der Waals surface area contributed by atoms with Crippen LogP contribution in [0.5, 0.6) is 0 Å². The lowest BCUT2D eigenvalue weighted by Gasteiger charge is -2.48. The summed E-state index contributed by atoms with van der Waals surface area (Å²) in [5.74, 6) is -12.4. The van der Waals surface area contributed by atoms with Crippen LogP contribution in [-0.4, -0.2) is 111 Å². The van der Waals surface area contributed by atoms with E-state index < -0.39 is 42.0 Å². The molecule has 0 bridgehead atoms. The fourth-order valence-corrected chi connectivity index (χ4v) is 2.48. The van der Waals surface area contributed by atoms with Crippen molar-refractivity contribution in [2.45, 2.75) is 83.5 Å². The van der Waals surface area contributed by atoms with Gasteiger partial charge in [0, 0.05) is 106 Å². The fourth-order valence-electron chi connectivity index (χ4n) is 2.48. The second-order valence-electron chi connectivity index (χ2n) is 8.16. The second kappa shape index (κ2) is 14.3. The van der Waals surface area contributed by atoms with Crippen molar-refractivity contribution in [3.05, 3.63) is 0 Å². The molecule has 0 spiro atoms. The summed E-state index contributed by atoms with van der Waals surface area (Å²) in [6.45, 7) is 7.80. The van der Waals surface area contributed by atoms with Gasteiger partial charge in [-0.3, -0.25) is 9.47 Å². The van der Waals surface area contributed by atoms with Gasteiger partial charge in [0.1, 0.15) is 0 Å². The Morgan fingerprint density at radius 3 is 0.789 bits per heavy atom. The van der Waals surface area contributed by atoms with Crippen LogP contribution in [0.25, 0.3) is 0 Å². The molecule has 0 aliphatic heterocycles. The molecule has 16 heteroatoms. The Labute approximate surface area is 224 Å². The highest BCUT2D eigenvalue weighted by molar-refractivity contribution is 4.65. The first-order valence-electron chi connectivity index (χ1n) is 11.2. The van der Waals surface area contributed by atoms with Crippen molar-refractivity contribution in [3.8, 4) is 0 Å². The zero-order valence-electron chi connectivity index (χ0n) is 25.1. The van der Waals surface area contributed by atoms with Crippen molar-refractivity contribution < 1.29 is 76.2 Å². The van der Waals surface area contributed by atoms with Gasteiger partial charge in [-0.25, -0.2) is 18.9 Å². The topological polar surface area (TPSA) is 159 Å². The van der Waals surface area contributed by atoms with Gasteiger partial charge in [-0.1, -0.05) is 0 Å². The lowest BCUT2D eigenvalue weighted by Crippen LogP contribution is -2.64. The standard InChI is InChI=1S/C22H46O16/c1-16(23,24-7)33-22(36-19(4,29-12)30-13,37-20(5,31-14)32-15)38-21(6,34-17(2,25-8)26-9)35-18(3,27-10)28-11/h23H,1-15H3. The molecule has 16 nitrogen and oxygen atoms in total. The molecule has 0 aromatic rings. The van der Waals surface area contributed by atoms with Crippen molar-refractivity contribution in [1.82, 2.24) is 0 Å². The third-order valence-corrected chi connectivity index (χ3v) is 5.33. The smallest absolute Gasteiger partial charge is 0.343 e. The highest BCUT2D eigenvalue weighted by Crippen LogP contribution is 2.41. The van der Waals surface area contributed by atoms with E-state index in [2.05, 4.69) is 0 Å². The molecule has 1 atom stereocenters. The van der Waals surface area contributed by atoms with Gasteiger partial charge in [0.2, 0.25) is 0 Å². The van der Waals surface area contributed by atoms with Crippen LogP contribution < -0.4 is 0 Å². The molecule has 38 heavy (non-hydrogen) atoms. The van der Waals surface area contributed by atoms with E-state index in [0.717, 1.165) is 14.0 Å². The van der Waals surface area contributed by atoms with E-state index in [4.69, 9.17) is 71.1 Å². The monoisotopic (exact) mass is 566 g/mol. The predicted molar refractivity (Wildman–Crippen MR) is 125 cm³/mol. The first kappa shape index (κ1) is 37.4. The van der Waals surface area contributed by atoms with Crippen LogP contribution in [-0.2, 0) is 71.1 Å². The van der Waals surface area contributed by atoms with E-state index in [1.165, 1.54) is 91.5 Å². The minimum atomic E-state index is -2.97. The number of hydrogen-bond donors (Lipinski definition) is 1. The highest BCUT2D eigenvalue weighted by Gasteiger charge is 2.60. The fraction of sp³-hybridized carbons (Fsp3) is 1.00. The molecule has 0 aromatic carbocycles. The number of aliphatic hydroxyl groups is 1. The van der Waals surface area contributed by atoms with E-state index in [-0.39, 0.29) is 0 Å². The summed E-state index contributed by atoms with van der Waals surface area (Å²) in [6, 6.07) is 0. The van der Waals surface area contributed by atoms with Gasteiger partial charge in [-0.05, 0) is 0 Å². The minimum absolute atomic E-state index is 1.10. The summed E-state index contributed by atoms with van der Waals surface area (Å²) in [5, 5.41) is 10.8. The predicted octanol–water partition coefficient (Wildman–Crippen LogP) is 1.55. The quantitative estimate of drug-likeness (QED) is 0.199. The highest BCUT2D eigenvalue weighted by atomic mass is 17.2. The third kappa shape index (κ3) is 10.7. The maximum atomic E-state index is 10.8. The maximum absolute atomic E-state index is 10.8. The van der Waals surface area contributed by atoms with Gasteiger partial charge in [-0.15, -0.1) is 0 Å². The van der Waals surface area contributed by atoms with Gasteiger partial charge in [0.05, 0.1) is 0 Å². The molecule has 0 saturated carbocycles. The lowest BCUT2D eigenvalue weighted by atomic mass is 10.5. The molecule has 0 saturated heterocycles. The van der Waals surface area contributed by atoms with Crippen LogP contribution in [0.4, 0.5) is 0 Å². The largest absolute Gasteiger partial charge is 0.429 e. The van der Waals surface area contributed by atoms with Crippen molar-refractivity contribution in [1.29, 1.82) is 0 Å². The van der Waals surface area contributed by atoms with Crippen LogP contribution in [0.15, 0.2) is 0 Å². The van der Waals surface area contributed by atoms with Gasteiger partial charge in [-0.2, -0.15) is 0 Å². The molecule has 0 aromatic heterocycles. The Morgan fingerprint density at radius 1 is 0.316 bits per heavy atom. The normalized spacial score (nSPS) is 16.1. The average molecular weight is 567 g/mol. The molecule has 1 N–H and O–H groups in total. The van der Waals surface area contributed by atoms with Crippen molar-refractivity contribution in [2.75, 3.05) is 64.0 Å². The Balaban J connectivity index is 7.31. The SMILES string of the molecule is COC(C)(O)OC(OC(C)(OC)OC)(OC(C)(OC)OC)OC(C)(OC(C)(OC)OC)OC(C)(OC)OC. The number of ether oxygens (including phenoxy) is 15. The number of rotatable bonds is 21. The van der Waals surface area contributed by atoms with Gasteiger partial charge in [0.25, 0.3) is 35.8 Å². The summed E-state index contributed by atoms with van der Waals surface area (Å²) in [5.41, 5.74) is 0. The summed E-state index contributed by atoms with van der Waals surface area (Å²) < 4.78 is 82.8. The van der Waals surface area contributed by atoms with Crippen LogP contribution in [0, 0.1) is 0 Å². The van der Waals surface area contributed by atoms with Crippen LogP contribution >= 0.6 is 0 Å². The Morgan fingerprint density at radius 2 is 0.553 bits per heavy atom. The molecule has 0 rings (SSSR count). The number of hydrogen-bond acceptors (Lipinski definition) is 16. The molecular formula is C22H46O16. The molecular weight excluding hydrogens is 520 g/mol. The van der Waals surface area contributed by atoms with Crippen LogP contribution in [0.2, 0.25) is 0 Å². The summed E-state index contributed by atoms with van der Waals surface area (Å²) in [7, 11) is 11.3. The molecule has 1 unspecified atom stereocenters. The Hall–Kier alpha value is -0.640. The van der Waals surface area contributed by atoms with E-state index >= 15 is 0 Å². The zero-order valence-corrected chi connectivity index (χ0v) is 25.1. The van der Waals surface area contributed by atoms with Crippen LogP contribution in [0.3, 0.4) is 0 Å². The molecule has 0 radical (unpaired) electrons. The molecule has 0 aliphatic carbocycles. The van der Waals surface area contributed by atoms with E-state index in [1.807, 2.05) is 0 Å². The third-order valence-electron chi connectivity index (χ3n) is 5.33. The molecule has 0 heterocycles. The van der Waals surface area contributed by atoms with E-state index in [9.17, 15) is 5.11 Å². The lowest BCUT2D eigenvalue weighted by molar-refractivity contribution is -0.684. The van der Waals surface area contributed by atoms with E-state index in [1.54, 1.807) is 0 Å². The molecule has 230 valence electrons. The summed E-state index contributed by atoms with van der Waals surface area (Å²) in [6.07, 6.45) is -2.97. The van der Waals surface area contributed by atoms with Gasteiger partial charge < -0.3 is 47.7 Å². The van der Waals surface area contributed by atoms with E-state index in [0.29, 0.717) is 0 Å². The zero-order chi connectivity index (χ0) is 30.1. The van der Waals surface area contributed by atoms with Gasteiger partial charge >= 0.3 is 6.16 Å². The molecule has 0 fully saturated rings. The Kier molecular flexibility index (Phi) is 14.1. The van der Waals surface area contributed by atoms with Crippen molar-refractivity contribution >= 4 is 0 Å².